The molecule has 2 amide bonds. The Morgan fingerprint density at radius 3 is 2.85 bits per heavy atom. The lowest BCUT2D eigenvalue weighted by Gasteiger charge is -2.33. The Hall–Kier alpha value is -2.67. The van der Waals surface area contributed by atoms with Gasteiger partial charge in [0.1, 0.15) is 23.4 Å². The monoisotopic (exact) mass is 377 g/mol. The number of amides is 2. The fourth-order valence-electron chi connectivity index (χ4n) is 2.86. The summed E-state index contributed by atoms with van der Waals surface area (Å²) in [5.41, 5.74) is 5.59. The zero-order chi connectivity index (χ0) is 18.7. The maximum absolute atomic E-state index is 13.2. The number of hydrogen-bond donors (Lipinski definition) is 1. The maximum atomic E-state index is 13.2. The van der Waals surface area contributed by atoms with Crippen LogP contribution in [0.3, 0.4) is 0 Å². The van der Waals surface area contributed by atoms with Crippen LogP contribution in [0.5, 0.6) is 5.75 Å². The summed E-state index contributed by atoms with van der Waals surface area (Å²) in [4.78, 5) is 29.4. The lowest BCUT2D eigenvalue weighted by atomic mass is 10.1. The van der Waals surface area contributed by atoms with E-state index in [1.54, 1.807) is 11.0 Å². The zero-order valence-electron chi connectivity index (χ0n) is 13.8. The van der Waals surface area contributed by atoms with Crippen LogP contribution in [-0.4, -0.2) is 40.9 Å². The highest BCUT2D eigenvalue weighted by Gasteiger charge is 2.27. The lowest BCUT2D eigenvalue weighted by molar-refractivity contribution is 0.0537. The molecule has 3 rings (SSSR count). The first-order valence-electron chi connectivity index (χ1n) is 8.11. The minimum Gasteiger partial charge on any atom is -0.488 e. The summed E-state index contributed by atoms with van der Waals surface area (Å²) in [7, 11) is 0. The van der Waals surface area contributed by atoms with E-state index in [1.165, 1.54) is 24.4 Å². The van der Waals surface area contributed by atoms with E-state index in [9.17, 15) is 14.0 Å². The molecule has 1 aliphatic rings. The Balaban J connectivity index is 1.70. The van der Waals surface area contributed by atoms with Gasteiger partial charge in [0, 0.05) is 18.8 Å². The summed E-state index contributed by atoms with van der Waals surface area (Å²) < 4.78 is 19.1. The van der Waals surface area contributed by atoms with E-state index >= 15 is 0 Å². The molecule has 0 saturated carbocycles. The third kappa shape index (κ3) is 4.11. The highest BCUT2D eigenvalue weighted by atomic mass is 35.5. The zero-order valence-corrected chi connectivity index (χ0v) is 14.6. The highest BCUT2D eigenvalue weighted by Crippen LogP contribution is 2.23. The van der Waals surface area contributed by atoms with Gasteiger partial charge in [-0.3, -0.25) is 14.6 Å². The minimum atomic E-state index is -0.637. The number of nitrogens with zero attached hydrogens (tertiary/aromatic N) is 2. The molecule has 1 aliphatic heterocycles. The number of benzene rings is 1. The Labute approximate surface area is 154 Å². The van der Waals surface area contributed by atoms with E-state index in [4.69, 9.17) is 22.1 Å². The number of halogens is 2. The second-order valence-corrected chi connectivity index (χ2v) is 6.41. The van der Waals surface area contributed by atoms with Crippen molar-refractivity contribution in [3.8, 4) is 5.75 Å². The van der Waals surface area contributed by atoms with E-state index in [2.05, 4.69) is 4.98 Å². The van der Waals surface area contributed by atoms with Gasteiger partial charge in [-0.15, -0.1) is 0 Å². The molecule has 2 heterocycles. The summed E-state index contributed by atoms with van der Waals surface area (Å²) in [5, 5.41) is 0.0817. The van der Waals surface area contributed by atoms with Crippen molar-refractivity contribution in [3.63, 3.8) is 0 Å². The highest BCUT2D eigenvalue weighted by molar-refractivity contribution is 6.33. The third-order valence-corrected chi connectivity index (χ3v) is 4.43. The van der Waals surface area contributed by atoms with Crippen LogP contribution in [0.15, 0.2) is 36.5 Å². The molecule has 1 saturated heterocycles. The van der Waals surface area contributed by atoms with Gasteiger partial charge in [-0.05, 0) is 37.1 Å². The molecular weight excluding hydrogens is 361 g/mol. The van der Waals surface area contributed by atoms with Crippen LogP contribution < -0.4 is 10.5 Å². The van der Waals surface area contributed by atoms with Gasteiger partial charge in [0.25, 0.3) is 11.8 Å². The van der Waals surface area contributed by atoms with Gasteiger partial charge in [0.15, 0.2) is 0 Å². The van der Waals surface area contributed by atoms with Crippen LogP contribution in [0.25, 0.3) is 0 Å². The fourth-order valence-corrected chi connectivity index (χ4v) is 3.11. The Morgan fingerprint density at radius 2 is 2.12 bits per heavy atom. The number of rotatable bonds is 4. The molecule has 1 aromatic heterocycles. The second-order valence-electron chi connectivity index (χ2n) is 6.00. The molecule has 2 aromatic rings. The molecule has 1 unspecified atom stereocenters. The molecular formula is C18H17ClFN3O3. The van der Waals surface area contributed by atoms with Gasteiger partial charge in [-0.2, -0.15) is 0 Å². The van der Waals surface area contributed by atoms with Crippen molar-refractivity contribution in [3.05, 3.63) is 58.6 Å². The molecule has 8 heteroatoms. The maximum Gasteiger partial charge on any atom is 0.267 e. The van der Waals surface area contributed by atoms with Gasteiger partial charge in [-0.1, -0.05) is 11.6 Å². The largest absolute Gasteiger partial charge is 0.488 e. The topological polar surface area (TPSA) is 85.5 Å². The number of aromatic nitrogens is 1. The predicted molar refractivity (Wildman–Crippen MR) is 93.7 cm³/mol. The first kappa shape index (κ1) is 18.1. The predicted octanol–water partition coefficient (Wildman–Crippen LogP) is 2.66. The summed E-state index contributed by atoms with van der Waals surface area (Å²) in [6.07, 6.45) is 2.72. The second kappa shape index (κ2) is 7.70. The van der Waals surface area contributed by atoms with Crippen LogP contribution in [-0.2, 0) is 0 Å². The third-order valence-electron chi connectivity index (χ3n) is 4.11. The minimum absolute atomic E-state index is 0.0817. The standard InChI is InChI=1S/C18H17ClFN3O3/c19-15-8-11(20)3-4-14(15)18(25)23-7-1-2-13(10-23)26-12-5-6-22-16(9-12)17(21)24/h3-6,8-9,13H,1-2,7,10H2,(H2,21,24). The number of ether oxygens (including phenoxy) is 1. The molecule has 0 spiro atoms. The van der Waals surface area contributed by atoms with Crippen molar-refractivity contribution in [2.75, 3.05) is 13.1 Å². The smallest absolute Gasteiger partial charge is 0.267 e. The quantitative estimate of drug-likeness (QED) is 0.887. The number of nitrogens with two attached hydrogens (primary N) is 1. The molecule has 1 atom stereocenters. The van der Waals surface area contributed by atoms with Crippen LogP contribution in [0.1, 0.15) is 33.7 Å². The number of pyridine rings is 1. The van der Waals surface area contributed by atoms with Crippen molar-refractivity contribution >= 4 is 23.4 Å². The summed E-state index contributed by atoms with van der Waals surface area (Å²) in [6.45, 7) is 0.927. The molecule has 2 N–H and O–H groups in total. The van der Waals surface area contributed by atoms with Crippen LogP contribution in [0, 0.1) is 5.82 Å². The summed E-state index contributed by atoms with van der Waals surface area (Å²) >= 11 is 5.99. The number of hydrogen-bond acceptors (Lipinski definition) is 4. The van der Waals surface area contributed by atoms with E-state index in [1.807, 2.05) is 0 Å². The van der Waals surface area contributed by atoms with Gasteiger partial charge in [0.2, 0.25) is 0 Å². The molecule has 0 radical (unpaired) electrons. The molecule has 0 aliphatic carbocycles. The molecule has 0 bridgehead atoms. The fraction of sp³-hybridized carbons (Fsp3) is 0.278. The average molecular weight is 378 g/mol. The number of carbonyl (C=O) groups excluding carboxylic acids is 2. The van der Waals surface area contributed by atoms with E-state index < -0.39 is 11.7 Å². The normalized spacial score (nSPS) is 17.0. The molecule has 6 nitrogen and oxygen atoms in total. The van der Waals surface area contributed by atoms with Crippen molar-refractivity contribution in [2.45, 2.75) is 18.9 Å². The number of likely N-dealkylation sites (tertiary alicyclic amines) is 1. The Bertz CT molecular complexity index is 846. The molecule has 1 aromatic carbocycles. The molecule has 136 valence electrons. The van der Waals surface area contributed by atoms with E-state index in [-0.39, 0.29) is 28.3 Å². The van der Waals surface area contributed by atoms with E-state index in [0.29, 0.717) is 18.8 Å². The van der Waals surface area contributed by atoms with Crippen molar-refractivity contribution in [2.24, 2.45) is 5.73 Å². The first-order valence-corrected chi connectivity index (χ1v) is 8.48. The summed E-state index contributed by atoms with van der Waals surface area (Å²) in [5.74, 6) is -0.931. The summed E-state index contributed by atoms with van der Waals surface area (Å²) in [6, 6.07) is 6.81. The Morgan fingerprint density at radius 1 is 1.31 bits per heavy atom. The molecule has 1 fully saturated rings. The number of primary amides is 1. The first-order chi connectivity index (χ1) is 12.4. The van der Waals surface area contributed by atoms with Crippen LogP contribution in [0.4, 0.5) is 4.39 Å². The van der Waals surface area contributed by atoms with Gasteiger partial charge in [-0.25, -0.2) is 4.39 Å². The van der Waals surface area contributed by atoms with Gasteiger partial charge < -0.3 is 15.4 Å². The van der Waals surface area contributed by atoms with Gasteiger partial charge in [0.05, 0.1) is 17.1 Å². The van der Waals surface area contributed by atoms with Gasteiger partial charge >= 0.3 is 0 Å². The lowest BCUT2D eigenvalue weighted by Crippen LogP contribution is -2.44. The van der Waals surface area contributed by atoms with Crippen molar-refractivity contribution in [1.82, 2.24) is 9.88 Å². The molecule has 26 heavy (non-hydrogen) atoms. The Kier molecular flexibility index (Phi) is 5.37. The number of carbonyl (C=O) groups is 2. The van der Waals surface area contributed by atoms with Crippen molar-refractivity contribution in [1.29, 1.82) is 0 Å². The van der Waals surface area contributed by atoms with E-state index in [0.717, 1.165) is 18.9 Å². The number of piperidine rings is 1. The van der Waals surface area contributed by atoms with Crippen molar-refractivity contribution < 1.29 is 18.7 Å². The van der Waals surface area contributed by atoms with Crippen LogP contribution >= 0.6 is 11.6 Å². The average Bonchev–Trinajstić information content (AvgIpc) is 2.61. The SMILES string of the molecule is NC(=O)c1cc(OC2CCCN(C(=O)c3ccc(F)cc3Cl)C2)ccn1. The van der Waals surface area contributed by atoms with Crippen LogP contribution in [0.2, 0.25) is 5.02 Å².